The Morgan fingerprint density at radius 2 is 1.64 bits per heavy atom. The number of nitrogens with zero attached hydrogens (tertiary/aromatic N) is 4. The monoisotopic (exact) mass is 599 g/mol. The van der Waals surface area contributed by atoms with E-state index in [9.17, 15) is 44.1 Å². The van der Waals surface area contributed by atoms with Crippen molar-refractivity contribution in [1.29, 1.82) is 0 Å². The van der Waals surface area contributed by atoms with Crippen LogP contribution in [-0.4, -0.2) is 102 Å². The average molecular weight is 599 g/mol. The number of aromatic nitrogens is 4. The number of rotatable bonds is 10. The van der Waals surface area contributed by atoms with Crippen molar-refractivity contribution < 1.29 is 71.7 Å². The van der Waals surface area contributed by atoms with Gasteiger partial charge in [0.15, 0.2) is 30.1 Å². The first kappa shape index (κ1) is 29.8. The van der Waals surface area contributed by atoms with Gasteiger partial charge >= 0.3 is 5.97 Å². The van der Waals surface area contributed by atoms with Crippen molar-refractivity contribution in [3.8, 4) is 0 Å². The molecule has 6 N–H and O–H groups in total. The van der Waals surface area contributed by atoms with E-state index in [0.29, 0.717) is 0 Å². The molecule has 4 rings (SSSR count). The summed E-state index contributed by atoms with van der Waals surface area (Å²) in [6, 6.07) is 0. The van der Waals surface area contributed by atoms with Crippen LogP contribution in [0.25, 0.3) is 11.2 Å². The molecule has 2 saturated heterocycles. The van der Waals surface area contributed by atoms with E-state index in [-0.39, 0.29) is 17.0 Å². The molecule has 0 saturated carbocycles. The van der Waals surface area contributed by atoms with Gasteiger partial charge in [-0.15, -0.1) is 0 Å². The summed E-state index contributed by atoms with van der Waals surface area (Å²) in [5.74, 6) is -0.826. The largest absolute Gasteiger partial charge is 0.756 e. The van der Waals surface area contributed by atoms with Gasteiger partial charge in [-0.2, -0.15) is 0 Å². The lowest BCUT2D eigenvalue weighted by Gasteiger charge is -2.32. The number of carbonyl (C=O) groups is 1. The Bertz CT molecular complexity index is 1300. The number of anilines is 1. The topological polar surface area (TPSA) is 303 Å². The van der Waals surface area contributed by atoms with Gasteiger partial charge in [-0.1, -0.05) is 0 Å². The van der Waals surface area contributed by atoms with E-state index in [2.05, 4.69) is 33.0 Å². The van der Waals surface area contributed by atoms with Crippen LogP contribution in [0.3, 0.4) is 0 Å². The van der Waals surface area contributed by atoms with Crippen LogP contribution in [0.4, 0.5) is 5.82 Å². The van der Waals surface area contributed by atoms with Gasteiger partial charge in [0.2, 0.25) is 0 Å². The Hall–Kier alpha value is -2.16. The number of hydrogen-bond donors (Lipinski definition) is 5. The van der Waals surface area contributed by atoms with E-state index in [0.717, 1.165) is 13.3 Å². The molecule has 20 nitrogen and oxygen atoms in total. The molecule has 4 heterocycles. The fourth-order valence-electron chi connectivity index (χ4n) is 3.83. The number of imidazole rings is 1. The van der Waals surface area contributed by atoms with Gasteiger partial charge < -0.3 is 59.2 Å². The highest BCUT2D eigenvalue weighted by Crippen LogP contribution is 2.56. The maximum atomic E-state index is 12.1. The third-order valence-electron chi connectivity index (χ3n) is 5.61. The SMILES string of the molecule is CC(=O)O[C@@H]1C(O)O[C@H](COP(=O)([O-])OP(=O)([O-])OC[C@@H]2O[C@H](n3cnc4c(N)ncnc43)C(O)C2O)C1O. The predicted octanol–water partition coefficient (Wildman–Crippen LogP) is -3.98. The standard InChI is InChI=1S/C17H25N5O15P2/c1-6(23)34-13-11(25)8(36-17(13)27)3-33-39(30,31)37-38(28,29)32-2-7-10(24)12(26)16(35-7)22-5-21-9-14(18)19-4-20-15(9)22/h4-5,7-8,10-13,16-17,24-27H,2-3H2,1H3,(H,28,29)(H,30,31)(H2,18,19,20)/p-2/t7-,8+,10?,11?,12?,13-,16-,17?/m0/s1. The lowest BCUT2D eigenvalue weighted by atomic mass is 10.1. The van der Waals surface area contributed by atoms with Gasteiger partial charge in [0.05, 0.1) is 19.5 Å². The Kier molecular flexibility index (Phi) is 8.70. The summed E-state index contributed by atoms with van der Waals surface area (Å²) in [5.41, 5.74) is 6.03. The van der Waals surface area contributed by atoms with Crippen LogP contribution in [-0.2, 0) is 41.5 Å². The molecule has 2 fully saturated rings. The second kappa shape index (κ2) is 11.4. The summed E-state index contributed by atoms with van der Waals surface area (Å²) in [7, 11) is -11.3. The molecule has 2 aromatic rings. The van der Waals surface area contributed by atoms with Gasteiger partial charge in [0.25, 0.3) is 15.6 Å². The van der Waals surface area contributed by atoms with Gasteiger partial charge in [-0.25, -0.2) is 19.3 Å². The van der Waals surface area contributed by atoms with Crippen LogP contribution in [0.15, 0.2) is 12.7 Å². The van der Waals surface area contributed by atoms with E-state index >= 15 is 0 Å². The second-order valence-electron chi connectivity index (χ2n) is 8.33. The van der Waals surface area contributed by atoms with Crippen LogP contribution in [0, 0.1) is 0 Å². The first-order chi connectivity index (χ1) is 18.2. The fourth-order valence-corrected chi connectivity index (χ4v) is 5.84. The van der Waals surface area contributed by atoms with E-state index in [1.807, 2.05) is 0 Å². The second-order valence-corrected chi connectivity index (χ2v) is 11.3. The van der Waals surface area contributed by atoms with Crippen molar-refractivity contribution in [3.05, 3.63) is 12.7 Å². The molecule has 6 unspecified atom stereocenters. The van der Waals surface area contributed by atoms with Crippen molar-refractivity contribution in [1.82, 2.24) is 19.5 Å². The zero-order chi connectivity index (χ0) is 28.7. The number of esters is 1. The molecule has 218 valence electrons. The van der Waals surface area contributed by atoms with E-state index in [1.54, 1.807) is 0 Å². The lowest BCUT2D eigenvalue weighted by molar-refractivity contribution is -0.247. The third kappa shape index (κ3) is 6.60. The first-order valence-corrected chi connectivity index (χ1v) is 13.9. The predicted molar refractivity (Wildman–Crippen MR) is 116 cm³/mol. The molecule has 0 amide bonds. The minimum absolute atomic E-state index is 0.0368. The van der Waals surface area contributed by atoms with Crippen LogP contribution in [0.2, 0.25) is 0 Å². The molecular weight excluding hydrogens is 576 g/mol. The number of aliphatic hydroxyl groups is 4. The molecule has 2 aliphatic heterocycles. The highest BCUT2D eigenvalue weighted by atomic mass is 31.3. The molecule has 10 atom stereocenters. The van der Waals surface area contributed by atoms with Gasteiger partial charge in [-0.05, 0) is 0 Å². The highest BCUT2D eigenvalue weighted by Gasteiger charge is 2.47. The average Bonchev–Trinajstić information content (AvgIpc) is 3.47. The maximum Gasteiger partial charge on any atom is 0.303 e. The summed E-state index contributed by atoms with van der Waals surface area (Å²) < 4.78 is 53.1. The Morgan fingerprint density at radius 1 is 1.03 bits per heavy atom. The van der Waals surface area contributed by atoms with E-state index in [1.165, 1.54) is 10.9 Å². The number of fused-ring (bicyclic) bond motifs is 1. The van der Waals surface area contributed by atoms with Crippen molar-refractivity contribution in [2.75, 3.05) is 18.9 Å². The fraction of sp³-hybridized carbons (Fsp3) is 0.647. The summed E-state index contributed by atoms with van der Waals surface area (Å²) in [6.07, 6.45) is -10.4. The molecule has 2 aliphatic rings. The van der Waals surface area contributed by atoms with Crippen molar-refractivity contribution in [3.63, 3.8) is 0 Å². The Balaban J connectivity index is 1.32. The molecule has 0 bridgehead atoms. The van der Waals surface area contributed by atoms with Crippen molar-refractivity contribution in [2.24, 2.45) is 0 Å². The highest BCUT2D eigenvalue weighted by molar-refractivity contribution is 7.59. The number of phosphoric ester groups is 2. The summed E-state index contributed by atoms with van der Waals surface area (Å²) >= 11 is 0. The van der Waals surface area contributed by atoms with Gasteiger partial charge in [0, 0.05) is 6.92 Å². The van der Waals surface area contributed by atoms with Crippen molar-refractivity contribution in [2.45, 2.75) is 56.1 Å². The first-order valence-electron chi connectivity index (χ1n) is 10.9. The van der Waals surface area contributed by atoms with Crippen LogP contribution in [0.5, 0.6) is 0 Å². The lowest BCUT2D eigenvalue weighted by Crippen LogP contribution is -2.37. The number of nitrogens with two attached hydrogens (primary N) is 1. The van der Waals surface area contributed by atoms with Gasteiger partial charge in [0.1, 0.15) is 42.4 Å². The van der Waals surface area contributed by atoms with Crippen LogP contribution >= 0.6 is 15.6 Å². The smallest absolute Gasteiger partial charge is 0.303 e. The molecule has 0 aromatic carbocycles. The normalized spacial score (nSPS) is 34.1. The molecule has 0 spiro atoms. The Labute approximate surface area is 218 Å². The molecule has 22 heteroatoms. The van der Waals surface area contributed by atoms with Gasteiger partial charge in [-0.3, -0.25) is 18.5 Å². The van der Waals surface area contributed by atoms with Crippen molar-refractivity contribution >= 4 is 38.6 Å². The molecule has 39 heavy (non-hydrogen) atoms. The summed E-state index contributed by atoms with van der Waals surface area (Å²) in [6.45, 7) is -1.02. The molecule has 2 aromatic heterocycles. The summed E-state index contributed by atoms with van der Waals surface area (Å²) in [5, 5.41) is 40.4. The third-order valence-corrected chi connectivity index (χ3v) is 8.14. The van der Waals surface area contributed by atoms with Crippen LogP contribution < -0.4 is 15.5 Å². The number of aliphatic hydroxyl groups excluding tert-OH is 4. The number of nitrogen functional groups attached to an aromatic ring is 1. The molecule has 0 aliphatic carbocycles. The Morgan fingerprint density at radius 3 is 2.26 bits per heavy atom. The molecular formula is C17H23N5O15P2-2. The number of phosphoric acid groups is 2. The number of carbonyl (C=O) groups excluding carboxylic acids is 1. The van der Waals surface area contributed by atoms with E-state index < -0.39 is 84.0 Å². The summed E-state index contributed by atoms with van der Waals surface area (Å²) in [4.78, 5) is 46.9. The van der Waals surface area contributed by atoms with Crippen LogP contribution in [0.1, 0.15) is 13.2 Å². The quantitative estimate of drug-likeness (QED) is 0.128. The van der Waals surface area contributed by atoms with E-state index in [4.69, 9.17) is 15.2 Å². The zero-order valence-corrected chi connectivity index (χ0v) is 21.5. The number of hydrogen-bond acceptors (Lipinski definition) is 19. The molecule has 0 radical (unpaired) electrons. The minimum atomic E-state index is -5.66. The maximum absolute atomic E-state index is 12.1. The number of ether oxygens (including phenoxy) is 3. The minimum Gasteiger partial charge on any atom is -0.756 e. The zero-order valence-electron chi connectivity index (χ0n) is 19.7.